The van der Waals surface area contributed by atoms with Gasteiger partial charge >= 0.3 is 6.08 Å². The lowest BCUT2D eigenvalue weighted by Gasteiger charge is -2.04. The van der Waals surface area contributed by atoms with Crippen LogP contribution in [0, 0.1) is 0 Å². The minimum atomic E-state index is 0.317. The van der Waals surface area contributed by atoms with E-state index in [2.05, 4.69) is 24.1 Å². The zero-order chi connectivity index (χ0) is 13.9. The number of rotatable bonds is 11. The predicted molar refractivity (Wildman–Crippen MR) is 71.3 cm³/mol. The van der Waals surface area contributed by atoms with Gasteiger partial charge in [-0.25, -0.2) is 0 Å². The smallest absolute Gasteiger partial charge is 0.393 e. The minimum Gasteiger partial charge on any atom is -0.450 e. The number of ether oxygens (including phenoxy) is 3. The van der Waals surface area contributed by atoms with Crippen LogP contribution in [0.5, 0.6) is 6.08 Å². The molecule has 19 heavy (non-hydrogen) atoms. The van der Waals surface area contributed by atoms with Gasteiger partial charge in [-0.3, -0.25) is 0 Å². The summed E-state index contributed by atoms with van der Waals surface area (Å²) in [6.45, 7) is 7.26. The first kappa shape index (κ1) is 15.9. The highest BCUT2D eigenvalue weighted by molar-refractivity contribution is 4.99. The molecule has 0 saturated carbocycles. The van der Waals surface area contributed by atoms with Crippen molar-refractivity contribution >= 4 is 0 Å². The van der Waals surface area contributed by atoms with E-state index >= 15 is 0 Å². The molecule has 0 saturated heterocycles. The van der Waals surface area contributed by atoms with Crippen molar-refractivity contribution in [1.29, 1.82) is 0 Å². The SMILES string of the molecule is COCCOCCCOc1nc(CNC(C)C)co1. The first-order valence-electron chi connectivity index (χ1n) is 6.59. The van der Waals surface area contributed by atoms with E-state index in [-0.39, 0.29) is 0 Å². The molecule has 6 nitrogen and oxygen atoms in total. The summed E-state index contributed by atoms with van der Waals surface area (Å²) >= 11 is 0. The molecular weight excluding hydrogens is 248 g/mol. The van der Waals surface area contributed by atoms with Gasteiger partial charge in [0.2, 0.25) is 0 Å². The van der Waals surface area contributed by atoms with Crippen LogP contribution in [-0.2, 0) is 16.0 Å². The number of hydrogen-bond acceptors (Lipinski definition) is 6. The normalized spacial score (nSPS) is 11.2. The van der Waals surface area contributed by atoms with Crippen LogP contribution in [0.25, 0.3) is 0 Å². The molecule has 1 aromatic heterocycles. The highest BCUT2D eigenvalue weighted by atomic mass is 16.6. The molecule has 1 rings (SSSR count). The fraction of sp³-hybridized carbons (Fsp3) is 0.769. The van der Waals surface area contributed by atoms with Gasteiger partial charge in [-0.15, -0.1) is 0 Å². The summed E-state index contributed by atoms with van der Waals surface area (Å²) < 4.78 is 20.8. The highest BCUT2D eigenvalue weighted by Crippen LogP contribution is 2.10. The van der Waals surface area contributed by atoms with Crippen LogP contribution in [-0.4, -0.2) is 44.6 Å². The van der Waals surface area contributed by atoms with E-state index < -0.39 is 0 Å². The van der Waals surface area contributed by atoms with Crippen molar-refractivity contribution in [2.24, 2.45) is 0 Å². The van der Waals surface area contributed by atoms with Crippen LogP contribution in [0.4, 0.5) is 0 Å². The minimum absolute atomic E-state index is 0.317. The Hall–Kier alpha value is -1.11. The number of nitrogens with zero attached hydrogens (tertiary/aromatic N) is 1. The second-order valence-electron chi connectivity index (χ2n) is 4.45. The van der Waals surface area contributed by atoms with Gasteiger partial charge in [0.05, 0.1) is 25.5 Å². The maximum atomic E-state index is 5.38. The molecule has 0 spiro atoms. The van der Waals surface area contributed by atoms with Gasteiger partial charge in [0.25, 0.3) is 0 Å². The molecular formula is C13H24N2O4. The average molecular weight is 272 g/mol. The fourth-order valence-electron chi connectivity index (χ4n) is 1.31. The molecule has 1 N–H and O–H groups in total. The second kappa shape index (κ2) is 9.77. The molecule has 0 radical (unpaired) electrons. The summed E-state index contributed by atoms with van der Waals surface area (Å²) in [5.74, 6) is 0. The van der Waals surface area contributed by atoms with Gasteiger partial charge in [0, 0.05) is 32.7 Å². The van der Waals surface area contributed by atoms with Crippen molar-refractivity contribution in [1.82, 2.24) is 10.3 Å². The Labute approximate surface area is 114 Å². The Balaban J connectivity index is 2.06. The maximum absolute atomic E-state index is 5.38. The predicted octanol–water partition coefficient (Wildman–Crippen LogP) is 1.60. The molecule has 0 amide bonds. The van der Waals surface area contributed by atoms with Crippen LogP contribution in [0.1, 0.15) is 26.0 Å². The van der Waals surface area contributed by atoms with Gasteiger partial charge in [-0.05, 0) is 0 Å². The van der Waals surface area contributed by atoms with Crippen LogP contribution in [0.15, 0.2) is 10.7 Å². The van der Waals surface area contributed by atoms with Crippen LogP contribution >= 0.6 is 0 Å². The van der Waals surface area contributed by atoms with Gasteiger partial charge in [0.15, 0.2) is 0 Å². The first-order chi connectivity index (χ1) is 9.22. The highest BCUT2D eigenvalue weighted by Gasteiger charge is 2.05. The summed E-state index contributed by atoms with van der Waals surface area (Å²) in [6.07, 6.45) is 2.73. The number of methoxy groups -OCH3 is 1. The van der Waals surface area contributed by atoms with Gasteiger partial charge in [-0.1, -0.05) is 13.8 Å². The van der Waals surface area contributed by atoms with Crippen LogP contribution < -0.4 is 10.1 Å². The third kappa shape index (κ3) is 7.81. The van der Waals surface area contributed by atoms with Crippen molar-refractivity contribution in [2.45, 2.75) is 32.9 Å². The molecule has 0 aliphatic rings. The van der Waals surface area contributed by atoms with E-state index in [4.69, 9.17) is 18.6 Å². The van der Waals surface area contributed by atoms with E-state index in [1.165, 1.54) is 0 Å². The molecule has 0 unspecified atom stereocenters. The molecule has 0 fully saturated rings. The van der Waals surface area contributed by atoms with Crippen LogP contribution in [0.3, 0.4) is 0 Å². The van der Waals surface area contributed by atoms with Crippen molar-refractivity contribution in [2.75, 3.05) is 33.5 Å². The van der Waals surface area contributed by atoms with Crippen molar-refractivity contribution in [3.63, 3.8) is 0 Å². The fourth-order valence-corrected chi connectivity index (χ4v) is 1.31. The van der Waals surface area contributed by atoms with E-state index in [1.54, 1.807) is 13.4 Å². The molecule has 1 heterocycles. The van der Waals surface area contributed by atoms with E-state index in [0.29, 0.717) is 45.1 Å². The number of nitrogens with one attached hydrogen (secondary N) is 1. The van der Waals surface area contributed by atoms with Gasteiger partial charge < -0.3 is 23.9 Å². The quantitative estimate of drug-likeness (QED) is 0.617. The Kier molecular flexibility index (Phi) is 8.20. The summed E-state index contributed by atoms with van der Waals surface area (Å²) in [5.41, 5.74) is 0.847. The Bertz CT molecular complexity index is 328. The number of aromatic nitrogens is 1. The van der Waals surface area contributed by atoms with Crippen molar-refractivity contribution in [3.8, 4) is 6.08 Å². The Morgan fingerprint density at radius 1 is 1.26 bits per heavy atom. The monoisotopic (exact) mass is 272 g/mol. The lowest BCUT2D eigenvalue weighted by molar-refractivity contribution is 0.0625. The molecule has 0 atom stereocenters. The zero-order valence-electron chi connectivity index (χ0n) is 12.0. The Morgan fingerprint density at radius 3 is 2.84 bits per heavy atom. The lowest BCUT2D eigenvalue weighted by Crippen LogP contribution is -2.21. The molecule has 0 aromatic carbocycles. The number of oxazole rings is 1. The van der Waals surface area contributed by atoms with Gasteiger partial charge in [0.1, 0.15) is 6.26 Å². The zero-order valence-corrected chi connectivity index (χ0v) is 12.0. The maximum Gasteiger partial charge on any atom is 0.393 e. The third-order valence-electron chi connectivity index (χ3n) is 2.31. The lowest BCUT2D eigenvalue weighted by atomic mass is 10.4. The standard InChI is InChI=1S/C13H24N2O4/c1-11(2)14-9-12-10-19-13(15-12)18-6-4-5-17-8-7-16-3/h10-11,14H,4-9H2,1-3H3. The second-order valence-corrected chi connectivity index (χ2v) is 4.45. The average Bonchev–Trinajstić information content (AvgIpc) is 2.83. The first-order valence-corrected chi connectivity index (χ1v) is 6.59. The Morgan fingerprint density at radius 2 is 2.11 bits per heavy atom. The van der Waals surface area contributed by atoms with E-state index in [1.807, 2.05) is 0 Å². The molecule has 6 heteroatoms. The van der Waals surface area contributed by atoms with E-state index in [0.717, 1.165) is 12.1 Å². The largest absolute Gasteiger partial charge is 0.450 e. The molecule has 0 aliphatic carbocycles. The van der Waals surface area contributed by atoms with Gasteiger partial charge in [-0.2, -0.15) is 4.98 Å². The van der Waals surface area contributed by atoms with Crippen molar-refractivity contribution < 1.29 is 18.6 Å². The molecule has 110 valence electrons. The van der Waals surface area contributed by atoms with E-state index in [9.17, 15) is 0 Å². The van der Waals surface area contributed by atoms with Crippen molar-refractivity contribution in [3.05, 3.63) is 12.0 Å². The molecule has 0 aliphatic heterocycles. The summed E-state index contributed by atoms with van der Waals surface area (Å²) in [6, 6.07) is 0.422. The topological polar surface area (TPSA) is 65.8 Å². The number of hydrogen-bond donors (Lipinski definition) is 1. The summed E-state index contributed by atoms with van der Waals surface area (Å²) in [4.78, 5) is 4.22. The molecule has 1 aromatic rings. The summed E-state index contributed by atoms with van der Waals surface area (Å²) in [5, 5.41) is 3.26. The third-order valence-corrected chi connectivity index (χ3v) is 2.31. The molecule has 0 bridgehead atoms. The summed E-state index contributed by atoms with van der Waals surface area (Å²) in [7, 11) is 1.65. The van der Waals surface area contributed by atoms with Crippen LogP contribution in [0.2, 0.25) is 0 Å².